The first-order valence-electron chi connectivity index (χ1n) is 6.29. The highest BCUT2D eigenvalue weighted by Gasteiger charge is 2.17. The van der Waals surface area contributed by atoms with Gasteiger partial charge < -0.3 is 4.74 Å². The third kappa shape index (κ3) is 2.93. The number of rotatable bonds is 4. The van der Waals surface area contributed by atoms with Gasteiger partial charge >= 0.3 is 0 Å². The first-order chi connectivity index (χ1) is 9.56. The van der Waals surface area contributed by atoms with E-state index in [-0.39, 0.29) is 6.04 Å². The number of aryl methyl sites for hydroxylation is 2. The van der Waals surface area contributed by atoms with Gasteiger partial charge in [0, 0.05) is 6.20 Å². The van der Waals surface area contributed by atoms with Crippen LogP contribution in [0.4, 0.5) is 0 Å². The molecule has 1 aromatic heterocycles. The van der Waals surface area contributed by atoms with Gasteiger partial charge in [0.1, 0.15) is 5.75 Å². The number of methoxy groups -OCH3 is 1. The second-order valence-electron chi connectivity index (χ2n) is 4.68. The van der Waals surface area contributed by atoms with E-state index >= 15 is 0 Å². The third-order valence-corrected chi connectivity index (χ3v) is 3.53. The molecule has 4 nitrogen and oxygen atoms in total. The molecular formula is C15H18ClN3O. The van der Waals surface area contributed by atoms with Crippen LogP contribution >= 0.6 is 11.6 Å². The summed E-state index contributed by atoms with van der Waals surface area (Å²) in [7, 11) is 1.67. The number of nitrogens with zero attached hydrogens (tertiary/aromatic N) is 1. The lowest BCUT2D eigenvalue weighted by atomic mass is 9.96. The highest BCUT2D eigenvalue weighted by atomic mass is 35.5. The molecule has 0 aliphatic carbocycles. The van der Waals surface area contributed by atoms with Crippen molar-refractivity contribution in [1.29, 1.82) is 0 Å². The van der Waals surface area contributed by atoms with E-state index in [9.17, 15) is 0 Å². The fourth-order valence-corrected chi connectivity index (χ4v) is 2.35. The summed E-state index contributed by atoms with van der Waals surface area (Å²) in [4.78, 5) is 4.33. The van der Waals surface area contributed by atoms with Crippen molar-refractivity contribution in [1.82, 2.24) is 10.4 Å². The van der Waals surface area contributed by atoms with Crippen molar-refractivity contribution < 1.29 is 4.74 Å². The van der Waals surface area contributed by atoms with E-state index < -0.39 is 0 Å². The summed E-state index contributed by atoms with van der Waals surface area (Å²) in [5.41, 5.74) is 6.85. The van der Waals surface area contributed by atoms with Crippen molar-refractivity contribution in [2.75, 3.05) is 7.11 Å². The molecule has 0 fully saturated rings. The minimum Gasteiger partial charge on any atom is -0.496 e. The molecule has 0 aliphatic rings. The maximum Gasteiger partial charge on any atom is 0.122 e. The molecule has 1 unspecified atom stereocenters. The highest BCUT2D eigenvalue weighted by molar-refractivity contribution is 6.30. The van der Waals surface area contributed by atoms with Gasteiger partial charge in [0.2, 0.25) is 0 Å². The quantitative estimate of drug-likeness (QED) is 0.672. The minimum atomic E-state index is -0.183. The molecular weight excluding hydrogens is 274 g/mol. The molecule has 1 atom stereocenters. The summed E-state index contributed by atoms with van der Waals surface area (Å²) in [6.45, 7) is 4.03. The van der Waals surface area contributed by atoms with E-state index in [2.05, 4.69) is 16.5 Å². The normalized spacial score (nSPS) is 12.2. The lowest BCUT2D eigenvalue weighted by Gasteiger charge is -2.20. The van der Waals surface area contributed by atoms with Crippen molar-refractivity contribution >= 4 is 11.6 Å². The maximum atomic E-state index is 5.87. The Bertz CT molecular complexity index is 599. The summed E-state index contributed by atoms with van der Waals surface area (Å²) in [5.74, 6) is 6.58. The number of hydrogen-bond acceptors (Lipinski definition) is 4. The summed E-state index contributed by atoms with van der Waals surface area (Å²) >= 11 is 5.87. The van der Waals surface area contributed by atoms with Gasteiger partial charge in [-0.1, -0.05) is 17.7 Å². The van der Waals surface area contributed by atoms with Crippen LogP contribution in [0.1, 0.15) is 28.4 Å². The van der Waals surface area contributed by atoms with Crippen LogP contribution in [-0.2, 0) is 0 Å². The van der Waals surface area contributed by atoms with E-state index in [0.717, 1.165) is 28.1 Å². The van der Waals surface area contributed by atoms with Crippen LogP contribution in [0.3, 0.4) is 0 Å². The highest BCUT2D eigenvalue weighted by Crippen LogP contribution is 2.29. The van der Waals surface area contributed by atoms with Crippen LogP contribution in [-0.4, -0.2) is 12.1 Å². The largest absolute Gasteiger partial charge is 0.496 e. The number of hydrazine groups is 1. The number of pyridine rings is 1. The number of halogens is 1. The molecule has 5 heteroatoms. The number of ether oxygens (including phenoxy) is 1. The minimum absolute atomic E-state index is 0.183. The fourth-order valence-electron chi connectivity index (χ4n) is 2.24. The van der Waals surface area contributed by atoms with E-state index in [1.54, 1.807) is 19.4 Å². The van der Waals surface area contributed by atoms with Gasteiger partial charge in [0.25, 0.3) is 0 Å². The van der Waals surface area contributed by atoms with Crippen LogP contribution in [0.25, 0.3) is 0 Å². The standard InChI is InChI=1S/C15H18ClN3O/c1-9-7-14(20-3)10(2)6-12(9)15(19-17)13-5-4-11(16)8-18-13/h4-8,15,19H,17H2,1-3H3. The predicted octanol–water partition coefficient (Wildman–Crippen LogP) is 2.91. The Kier molecular flexibility index (Phi) is 4.60. The fraction of sp³-hybridized carbons (Fsp3) is 0.267. The second kappa shape index (κ2) is 6.22. The molecule has 1 heterocycles. The lowest BCUT2D eigenvalue weighted by molar-refractivity contribution is 0.411. The molecule has 0 saturated carbocycles. The molecule has 0 bridgehead atoms. The number of nitrogens with two attached hydrogens (primary N) is 1. The van der Waals surface area contributed by atoms with Gasteiger partial charge in [0.15, 0.2) is 0 Å². The van der Waals surface area contributed by atoms with Crippen LogP contribution in [0.2, 0.25) is 5.02 Å². The van der Waals surface area contributed by atoms with Crippen molar-refractivity contribution in [3.8, 4) is 5.75 Å². The summed E-state index contributed by atoms with van der Waals surface area (Å²) in [6.07, 6.45) is 1.62. The third-order valence-electron chi connectivity index (χ3n) is 3.31. The van der Waals surface area contributed by atoms with E-state index in [1.807, 2.05) is 26.0 Å². The number of aromatic nitrogens is 1. The monoisotopic (exact) mass is 291 g/mol. The zero-order chi connectivity index (χ0) is 14.7. The van der Waals surface area contributed by atoms with Crippen LogP contribution in [0, 0.1) is 13.8 Å². The Morgan fingerprint density at radius 1 is 1.25 bits per heavy atom. The average Bonchev–Trinajstić information content (AvgIpc) is 2.45. The van der Waals surface area contributed by atoms with Crippen molar-refractivity contribution in [3.63, 3.8) is 0 Å². The van der Waals surface area contributed by atoms with Gasteiger partial charge in [-0.3, -0.25) is 10.8 Å². The van der Waals surface area contributed by atoms with Crippen molar-refractivity contribution in [2.24, 2.45) is 5.84 Å². The van der Waals surface area contributed by atoms with Gasteiger partial charge in [-0.15, -0.1) is 0 Å². The molecule has 106 valence electrons. The SMILES string of the molecule is COc1cc(C)c(C(NN)c2ccc(Cl)cn2)cc1C. The van der Waals surface area contributed by atoms with Crippen LogP contribution in [0.5, 0.6) is 5.75 Å². The first kappa shape index (κ1) is 14.8. The Morgan fingerprint density at radius 3 is 2.55 bits per heavy atom. The van der Waals surface area contributed by atoms with Crippen LogP contribution in [0.15, 0.2) is 30.5 Å². The van der Waals surface area contributed by atoms with Crippen molar-refractivity contribution in [2.45, 2.75) is 19.9 Å². The Labute approximate surface area is 123 Å². The zero-order valence-corrected chi connectivity index (χ0v) is 12.5. The van der Waals surface area contributed by atoms with Crippen LogP contribution < -0.4 is 16.0 Å². The smallest absolute Gasteiger partial charge is 0.122 e. The molecule has 1 aromatic carbocycles. The van der Waals surface area contributed by atoms with E-state index in [1.165, 1.54) is 0 Å². The number of benzene rings is 1. The van der Waals surface area contributed by atoms with Gasteiger partial charge in [-0.25, -0.2) is 5.43 Å². The summed E-state index contributed by atoms with van der Waals surface area (Å²) in [6, 6.07) is 7.56. The molecule has 0 spiro atoms. The predicted molar refractivity (Wildman–Crippen MR) is 80.9 cm³/mol. The molecule has 0 aliphatic heterocycles. The Hall–Kier alpha value is -1.62. The van der Waals surface area contributed by atoms with Gasteiger partial charge in [0.05, 0.1) is 23.9 Å². The molecule has 2 aromatic rings. The summed E-state index contributed by atoms with van der Waals surface area (Å²) < 4.78 is 5.33. The average molecular weight is 292 g/mol. The topological polar surface area (TPSA) is 60.2 Å². The molecule has 3 N–H and O–H groups in total. The maximum absolute atomic E-state index is 5.87. The van der Waals surface area contributed by atoms with E-state index in [4.69, 9.17) is 22.2 Å². The zero-order valence-electron chi connectivity index (χ0n) is 11.8. The van der Waals surface area contributed by atoms with Crippen molar-refractivity contribution in [3.05, 3.63) is 57.9 Å². The Morgan fingerprint density at radius 2 is 2.00 bits per heavy atom. The molecule has 0 saturated heterocycles. The first-order valence-corrected chi connectivity index (χ1v) is 6.67. The molecule has 0 amide bonds. The number of nitrogens with one attached hydrogen (secondary N) is 1. The Balaban J connectivity index is 2.46. The summed E-state index contributed by atoms with van der Waals surface area (Å²) in [5, 5.41) is 0.604. The molecule has 2 rings (SSSR count). The lowest BCUT2D eigenvalue weighted by Crippen LogP contribution is -2.30. The van der Waals surface area contributed by atoms with Gasteiger partial charge in [-0.05, 0) is 48.7 Å². The molecule has 0 radical (unpaired) electrons. The molecule has 20 heavy (non-hydrogen) atoms. The second-order valence-corrected chi connectivity index (χ2v) is 5.12. The number of hydrogen-bond donors (Lipinski definition) is 2. The van der Waals surface area contributed by atoms with E-state index in [0.29, 0.717) is 5.02 Å². The van der Waals surface area contributed by atoms with Gasteiger partial charge in [-0.2, -0.15) is 0 Å².